The predicted molar refractivity (Wildman–Crippen MR) is 87.2 cm³/mol. The lowest BCUT2D eigenvalue weighted by Crippen LogP contribution is -2.28. The summed E-state index contributed by atoms with van der Waals surface area (Å²) in [5.41, 5.74) is 0.920. The first-order chi connectivity index (χ1) is 12.1. The van der Waals surface area contributed by atoms with Gasteiger partial charge in [0, 0.05) is 24.6 Å². The molecular formula is C17H15FN4O3. The van der Waals surface area contributed by atoms with Crippen LogP contribution >= 0.6 is 0 Å². The van der Waals surface area contributed by atoms with E-state index in [1.54, 1.807) is 12.1 Å². The van der Waals surface area contributed by atoms with Gasteiger partial charge in [-0.3, -0.25) is 14.2 Å². The molecule has 0 spiro atoms. The molecule has 8 heteroatoms. The fourth-order valence-corrected chi connectivity index (χ4v) is 2.56. The Balaban J connectivity index is 1.59. The van der Waals surface area contributed by atoms with E-state index in [2.05, 4.69) is 15.5 Å². The van der Waals surface area contributed by atoms with E-state index < -0.39 is 5.56 Å². The van der Waals surface area contributed by atoms with Crippen molar-refractivity contribution < 1.29 is 13.7 Å². The van der Waals surface area contributed by atoms with Crippen LogP contribution < -0.4 is 10.9 Å². The van der Waals surface area contributed by atoms with E-state index in [-0.39, 0.29) is 36.3 Å². The third-order valence-corrected chi connectivity index (χ3v) is 4.09. The van der Waals surface area contributed by atoms with Crippen LogP contribution in [0, 0.1) is 5.82 Å². The highest BCUT2D eigenvalue weighted by molar-refractivity contribution is 5.87. The summed E-state index contributed by atoms with van der Waals surface area (Å²) in [7, 11) is 0. The Morgan fingerprint density at radius 2 is 2.08 bits per heavy atom. The Bertz CT molecular complexity index is 989. The van der Waals surface area contributed by atoms with E-state index in [1.807, 2.05) is 0 Å². The molecule has 3 aromatic rings. The van der Waals surface area contributed by atoms with Gasteiger partial charge in [-0.15, -0.1) is 0 Å². The summed E-state index contributed by atoms with van der Waals surface area (Å²) in [5, 5.41) is 6.76. The second-order valence-electron chi connectivity index (χ2n) is 6.05. The number of benzene rings is 1. The summed E-state index contributed by atoms with van der Waals surface area (Å²) in [4.78, 5) is 28.5. The average Bonchev–Trinajstić information content (AvgIpc) is 3.30. The standard InChI is InChI=1S/C17H15FN4O3/c18-11-3-1-10(2-4-11)14-15-16(25-21-14)17(24)22(9-19-15)8-7-13(23)20-12-5-6-12/h1-4,9,12H,5-8H2,(H,20,23). The van der Waals surface area contributed by atoms with Crippen LogP contribution in [0.4, 0.5) is 4.39 Å². The van der Waals surface area contributed by atoms with E-state index in [0.29, 0.717) is 16.8 Å². The zero-order chi connectivity index (χ0) is 17.4. The van der Waals surface area contributed by atoms with Crippen LogP contribution in [-0.2, 0) is 11.3 Å². The molecule has 7 nitrogen and oxygen atoms in total. The highest BCUT2D eigenvalue weighted by Crippen LogP contribution is 2.24. The van der Waals surface area contributed by atoms with Gasteiger partial charge in [0.2, 0.25) is 5.91 Å². The summed E-state index contributed by atoms with van der Waals surface area (Å²) in [6, 6.07) is 5.98. The van der Waals surface area contributed by atoms with Crippen LogP contribution in [0.15, 0.2) is 39.9 Å². The summed E-state index contributed by atoms with van der Waals surface area (Å²) < 4.78 is 19.5. The molecule has 1 amide bonds. The van der Waals surface area contributed by atoms with Gasteiger partial charge >= 0.3 is 0 Å². The van der Waals surface area contributed by atoms with Gasteiger partial charge < -0.3 is 9.84 Å². The number of hydrogen-bond donors (Lipinski definition) is 1. The first-order valence-electron chi connectivity index (χ1n) is 8.02. The van der Waals surface area contributed by atoms with Crippen LogP contribution in [-0.4, -0.2) is 26.7 Å². The number of rotatable bonds is 5. The van der Waals surface area contributed by atoms with Crippen molar-refractivity contribution in [3.63, 3.8) is 0 Å². The van der Waals surface area contributed by atoms with Crippen molar-refractivity contribution >= 4 is 17.0 Å². The molecule has 0 atom stereocenters. The Labute approximate surface area is 141 Å². The summed E-state index contributed by atoms with van der Waals surface area (Å²) in [5.74, 6) is -0.449. The number of nitrogens with zero attached hydrogens (tertiary/aromatic N) is 3. The largest absolute Gasteiger partial charge is 0.353 e. The number of carbonyl (C=O) groups excluding carboxylic acids is 1. The van der Waals surface area contributed by atoms with Crippen molar-refractivity contribution in [3.05, 3.63) is 46.8 Å². The summed E-state index contributed by atoms with van der Waals surface area (Å²) >= 11 is 0. The zero-order valence-corrected chi connectivity index (χ0v) is 13.2. The minimum Gasteiger partial charge on any atom is -0.353 e. The van der Waals surface area contributed by atoms with Crippen LogP contribution in [0.1, 0.15) is 19.3 Å². The van der Waals surface area contributed by atoms with Gasteiger partial charge in [-0.25, -0.2) is 9.37 Å². The van der Waals surface area contributed by atoms with Crippen LogP contribution in [0.25, 0.3) is 22.4 Å². The molecule has 25 heavy (non-hydrogen) atoms. The Hall–Kier alpha value is -3.03. The number of aryl methyl sites for hydroxylation is 1. The molecule has 0 bridgehead atoms. The Morgan fingerprint density at radius 1 is 1.32 bits per heavy atom. The van der Waals surface area contributed by atoms with E-state index >= 15 is 0 Å². The van der Waals surface area contributed by atoms with Crippen molar-refractivity contribution in [2.24, 2.45) is 0 Å². The van der Waals surface area contributed by atoms with Gasteiger partial charge in [-0.1, -0.05) is 5.16 Å². The molecule has 1 aromatic carbocycles. The van der Waals surface area contributed by atoms with E-state index in [4.69, 9.17) is 4.52 Å². The molecule has 1 aliphatic carbocycles. The Morgan fingerprint density at radius 3 is 2.80 bits per heavy atom. The third kappa shape index (κ3) is 3.15. The first-order valence-corrected chi connectivity index (χ1v) is 8.02. The number of nitrogens with one attached hydrogen (secondary N) is 1. The van der Waals surface area contributed by atoms with Crippen molar-refractivity contribution in [2.45, 2.75) is 31.8 Å². The highest BCUT2D eigenvalue weighted by Gasteiger charge is 2.23. The monoisotopic (exact) mass is 342 g/mol. The molecule has 1 N–H and O–H groups in total. The van der Waals surface area contributed by atoms with E-state index in [9.17, 15) is 14.0 Å². The predicted octanol–water partition coefficient (Wildman–Crippen LogP) is 1.86. The number of carbonyl (C=O) groups is 1. The molecule has 0 saturated heterocycles. The molecule has 2 heterocycles. The van der Waals surface area contributed by atoms with Crippen molar-refractivity contribution in [1.82, 2.24) is 20.0 Å². The normalized spacial score (nSPS) is 14.0. The van der Waals surface area contributed by atoms with Crippen LogP contribution in [0.3, 0.4) is 0 Å². The quantitative estimate of drug-likeness (QED) is 0.764. The van der Waals surface area contributed by atoms with Gasteiger partial charge in [0.1, 0.15) is 17.0 Å². The second-order valence-corrected chi connectivity index (χ2v) is 6.05. The molecule has 0 radical (unpaired) electrons. The maximum atomic E-state index is 13.0. The smallest absolute Gasteiger partial charge is 0.299 e. The van der Waals surface area contributed by atoms with Crippen molar-refractivity contribution in [2.75, 3.05) is 0 Å². The molecule has 0 aliphatic heterocycles. The number of hydrogen-bond acceptors (Lipinski definition) is 5. The molecule has 0 unspecified atom stereocenters. The fraction of sp³-hybridized carbons (Fsp3) is 0.294. The van der Waals surface area contributed by atoms with Gasteiger partial charge in [0.15, 0.2) is 0 Å². The topological polar surface area (TPSA) is 90.0 Å². The molecule has 1 aliphatic rings. The summed E-state index contributed by atoms with van der Waals surface area (Å²) in [6.07, 6.45) is 3.61. The number of amides is 1. The van der Waals surface area contributed by atoms with Gasteiger partial charge in [-0.05, 0) is 37.1 Å². The minimum absolute atomic E-state index is 0.0180. The summed E-state index contributed by atoms with van der Waals surface area (Å²) in [6.45, 7) is 0.215. The van der Waals surface area contributed by atoms with Crippen LogP contribution in [0.2, 0.25) is 0 Å². The number of fused-ring (bicyclic) bond motifs is 1. The number of aromatic nitrogens is 3. The van der Waals surface area contributed by atoms with Gasteiger partial charge in [0.05, 0.1) is 6.33 Å². The molecule has 1 fully saturated rings. The molecule has 2 aromatic heterocycles. The molecular weight excluding hydrogens is 327 g/mol. The number of halogens is 1. The lowest BCUT2D eigenvalue weighted by Gasteiger charge is -2.05. The van der Waals surface area contributed by atoms with E-state index in [0.717, 1.165) is 12.8 Å². The van der Waals surface area contributed by atoms with Crippen LogP contribution in [0.5, 0.6) is 0 Å². The van der Waals surface area contributed by atoms with Gasteiger partial charge in [0.25, 0.3) is 11.1 Å². The van der Waals surface area contributed by atoms with Gasteiger partial charge in [-0.2, -0.15) is 0 Å². The maximum absolute atomic E-state index is 13.0. The second kappa shape index (κ2) is 6.12. The average molecular weight is 342 g/mol. The molecule has 1 saturated carbocycles. The maximum Gasteiger partial charge on any atom is 0.299 e. The lowest BCUT2D eigenvalue weighted by atomic mass is 10.1. The van der Waals surface area contributed by atoms with Crippen molar-refractivity contribution in [1.29, 1.82) is 0 Å². The first kappa shape index (κ1) is 15.5. The molecule has 128 valence electrons. The Kier molecular flexibility index (Phi) is 3.79. The lowest BCUT2D eigenvalue weighted by molar-refractivity contribution is -0.121. The zero-order valence-electron chi connectivity index (χ0n) is 13.2. The SMILES string of the molecule is O=C(CCn1cnc2c(-c3ccc(F)cc3)noc2c1=O)NC1CC1. The van der Waals surface area contributed by atoms with Crippen molar-refractivity contribution in [3.8, 4) is 11.3 Å². The van der Waals surface area contributed by atoms with E-state index in [1.165, 1.54) is 23.0 Å². The fourth-order valence-electron chi connectivity index (χ4n) is 2.56. The highest BCUT2D eigenvalue weighted by atomic mass is 19.1. The molecule has 4 rings (SSSR count). The minimum atomic E-state index is -0.398. The third-order valence-electron chi connectivity index (χ3n) is 4.09.